The molecule has 0 spiro atoms. The third-order valence-electron chi connectivity index (χ3n) is 3.44. The first-order valence-electron chi connectivity index (χ1n) is 7.56. The van der Waals surface area contributed by atoms with Crippen LogP contribution in [0, 0.1) is 0 Å². The molecular formula is C15H29N3. The molecule has 3 heteroatoms. The van der Waals surface area contributed by atoms with Crippen molar-refractivity contribution in [2.24, 2.45) is 0 Å². The van der Waals surface area contributed by atoms with Crippen LogP contribution >= 0.6 is 0 Å². The molecule has 18 heavy (non-hydrogen) atoms. The van der Waals surface area contributed by atoms with E-state index in [0.717, 1.165) is 19.5 Å². The Morgan fingerprint density at radius 2 is 1.94 bits per heavy atom. The molecule has 0 atom stereocenters. The van der Waals surface area contributed by atoms with E-state index < -0.39 is 0 Å². The Morgan fingerprint density at radius 1 is 1.17 bits per heavy atom. The first kappa shape index (κ1) is 15.2. The molecule has 0 unspecified atom stereocenters. The van der Waals surface area contributed by atoms with Crippen LogP contribution in [0.3, 0.4) is 0 Å². The third kappa shape index (κ3) is 5.21. The molecule has 0 saturated carbocycles. The van der Waals surface area contributed by atoms with Crippen molar-refractivity contribution in [1.29, 1.82) is 0 Å². The summed E-state index contributed by atoms with van der Waals surface area (Å²) in [5.74, 6) is 0. The lowest BCUT2D eigenvalue weighted by Crippen LogP contribution is -2.15. The SMILES string of the molecule is CCCNCCCCc1ccn(C(CC)CC)n1. The zero-order valence-corrected chi connectivity index (χ0v) is 12.3. The van der Waals surface area contributed by atoms with Gasteiger partial charge in [0.15, 0.2) is 0 Å². The normalized spacial score (nSPS) is 11.3. The molecule has 1 aromatic heterocycles. The number of nitrogens with zero attached hydrogens (tertiary/aromatic N) is 2. The van der Waals surface area contributed by atoms with Crippen LogP contribution in [0.5, 0.6) is 0 Å². The van der Waals surface area contributed by atoms with Gasteiger partial charge in [0.05, 0.1) is 11.7 Å². The molecule has 0 aliphatic rings. The van der Waals surface area contributed by atoms with Crippen LogP contribution in [-0.2, 0) is 6.42 Å². The second kappa shape index (κ2) is 9.15. The summed E-state index contributed by atoms with van der Waals surface area (Å²) in [6.07, 6.45) is 9.29. The topological polar surface area (TPSA) is 29.9 Å². The van der Waals surface area contributed by atoms with E-state index in [4.69, 9.17) is 0 Å². The van der Waals surface area contributed by atoms with Crippen LogP contribution in [0.4, 0.5) is 0 Å². The summed E-state index contributed by atoms with van der Waals surface area (Å²) in [5.41, 5.74) is 1.25. The van der Waals surface area contributed by atoms with Gasteiger partial charge in [-0.1, -0.05) is 20.8 Å². The maximum atomic E-state index is 4.68. The summed E-state index contributed by atoms with van der Waals surface area (Å²) in [5, 5.41) is 8.12. The number of nitrogens with one attached hydrogen (secondary N) is 1. The van der Waals surface area contributed by atoms with Gasteiger partial charge in [0.1, 0.15) is 0 Å². The van der Waals surface area contributed by atoms with Gasteiger partial charge in [-0.3, -0.25) is 4.68 Å². The first-order chi connectivity index (χ1) is 8.81. The van der Waals surface area contributed by atoms with Crippen LogP contribution in [0.1, 0.15) is 64.6 Å². The molecule has 1 heterocycles. The van der Waals surface area contributed by atoms with Crippen molar-refractivity contribution in [3.8, 4) is 0 Å². The van der Waals surface area contributed by atoms with Gasteiger partial charge in [0.2, 0.25) is 0 Å². The Bertz CT molecular complexity index is 302. The van der Waals surface area contributed by atoms with Crippen molar-refractivity contribution in [1.82, 2.24) is 15.1 Å². The van der Waals surface area contributed by atoms with E-state index in [9.17, 15) is 0 Å². The summed E-state index contributed by atoms with van der Waals surface area (Å²) < 4.78 is 2.14. The summed E-state index contributed by atoms with van der Waals surface area (Å²) >= 11 is 0. The van der Waals surface area contributed by atoms with Gasteiger partial charge in [0, 0.05) is 6.20 Å². The Hall–Kier alpha value is -0.830. The fourth-order valence-corrected chi connectivity index (χ4v) is 2.23. The van der Waals surface area contributed by atoms with Crippen molar-refractivity contribution in [2.75, 3.05) is 13.1 Å². The quantitative estimate of drug-likeness (QED) is 0.644. The van der Waals surface area contributed by atoms with Gasteiger partial charge in [-0.15, -0.1) is 0 Å². The molecule has 0 aliphatic carbocycles. The number of unbranched alkanes of at least 4 members (excludes halogenated alkanes) is 1. The molecule has 3 nitrogen and oxygen atoms in total. The lowest BCUT2D eigenvalue weighted by Gasteiger charge is -2.12. The summed E-state index contributed by atoms with van der Waals surface area (Å²) in [6, 6.07) is 2.75. The lowest BCUT2D eigenvalue weighted by molar-refractivity contribution is 0.425. The van der Waals surface area contributed by atoms with Crippen molar-refractivity contribution >= 4 is 0 Å². The van der Waals surface area contributed by atoms with Gasteiger partial charge in [-0.05, 0) is 57.7 Å². The second-order valence-corrected chi connectivity index (χ2v) is 4.96. The summed E-state index contributed by atoms with van der Waals surface area (Å²) in [4.78, 5) is 0. The molecule has 0 bridgehead atoms. The Morgan fingerprint density at radius 3 is 2.61 bits per heavy atom. The molecule has 1 aromatic rings. The maximum Gasteiger partial charge on any atom is 0.0624 e. The molecule has 104 valence electrons. The highest BCUT2D eigenvalue weighted by Gasteiger charge is 2.07. The standard InChI is InChI=1S/C15H29N3/c1-4-11-16-12-8-7-9-14-10-13-18(17-14)15(5-2)6-3/h10,13,15-16H,4-9,11-12H2,1-3H3. The number of rotatable bonds is 10. The van der Waals surface area contributed by atoms with Gasteiger partial charge in [-0.2, -0.15) is 5.10 Å². The van der Waals surface area contributed by atoms with Gasteiger partial charge < -0.3 is 5.32 Å². The van der Waals surface area contributed by atoms with Gasteiger partial charge in [0.25, 0.3) is 0 Å². The van der Waals surface area contributed by atoms with Crippen LogP contribution in [0.25, 0.3) is 0 Å². The Labute approximate surface area is 112 Å². The molecule has 0 radical (unpaired) electrons. The number of aromatic nitrogens is 2. The number of hydrogen-bond acceptors (Lipinski definition) is 2. The molecule has 0 aromatic carbocycles. The minimum atomic E-state index is 0.574. The highest BCUT2D eigenvalue weighted by atomic mass is 15.3. The monoisotopic (exact) mass is 251 g/mol. The average molecular weight is 251 g/mol. The molecule has 0 aliphatic heterocycles. The molecule has 0 fully saturated rings. The summed E-state index contributed by atoms with van der Waals surface area (Å²) in [7, 11) is 0. The van der Waals surface area contributed by atoms with Crippen LogP contribution < -0.4 is 5.32 Å². The molecular weight excluding hydrogens is 222 g/mol. The van der Waals surface area contributed by atoms with E-state index in [0.29, 0.717) is 6.04 Å². The van der Waals surface area contributed by atoms with E-state index in [-0.39, 0.29) is 0 Å². The van der Waals surface area contributed by atoms with E-state index in [2.05, 4.69) is 48.1 Å². The number of hydrogen-bond donors (Lipinski definition) is 1. The van der Waals surface area contributed by atoms with E-state index >= 15 is 0 Å². The Balaban J connectivity index is 2.23. The molecule has 1 rings (SSSR count). The predicted molar refractivity (Wildman–Crippen MR) is 77.9 cm³/mol. The zero-order chi connectivity index (χ0) is 13.2. The third-order valence-corrected chi connectivity index (χ3v) is 3.44. The maximum absolute atomic E-state index is 4.68. The zero-order valence-electron chi connectivity index (χ0n) is 12.3. The van der Waals surface area contributed by atoms with Crippen LogP contribution in [0.15, 0.2) is 12.3 Å². The minimum absolute atomic E-state index is 0.574. The first-order valence-corrected chi connectivity index (χ1v) is 7.56. The van der Waals surface area contributed by atoms with Crippen molar-refractivity contribution < 1.29 is 0 Å². The van der Waals surface area contributed by atoms with Crippen LogP contribution in [0.2, 0.25) is 0 Å². The highest BCUT2D eigenvalue weighted by molar-refractivity contribution is 4.99. The number of aryl methyl sites for hydroxylation is 1. The van der Waals surface area contributed by atoms with Crippen molar-refractivity contribution in [3.63, 3.8) is 0 Å². The largest absolute Gasteiger partial charge is 0.317 e. The Kier molecular flexibility index (Phi) is 7.74. The molecule has 0 saturated heterocycles. The summed E-state index contributed by atoms with van der Waals surface area (Å²) in [6.45, 7) is 8.95. The van der Waals surface area contributed by atoms with E-state index in [1.54, 1.807) is 0 Å². The highest BCUT2D eigenvalue weighted by Crippen LogP contribution is 2.15. The van der Waals surface area contributed by atoms with Crippen LogP contribution in [-0.4, -0.2) is 22.9 Å². The van der Waals surface area contributed by atoms with E-state index in [1.807, 2.05) is 0 Å². The minimum Gasteiger partial charge on any atom is -0.317 e. The lowest BCUT2D eigenvalue weighted by atomic mass is 10.2. The molecule has 1 N–H and O–H groups in total. The fraction of sp³-hybridized carbons (Fsp3) is 0.800. The van der Waals surface area contributed by atoms with Gasteiger partial charge in [-0.25, -0.2) is 0 Å². The van der Waals surface area contributed by atoms with Crippen molar-refractivity contribution in [3.05, 3.63) is 18.0 Å². The fourth-order valence-electron chi connectivity index (χ4n) is 2.23. The van der Waals surface area contributed by atoms with Gasteiger partial charge >= 0.3 is 0 Å². The van der Waals surface area contributed by atoms with E-state index in [1.165, 1.54) is 37.8 Å². The average Bonchev–Trinajstić information content (AvgIpc) is 2.84. The predicted octanol–water partition coefficient (Wildman–Crippen LogP) is 3.57. The van der Waals surface area contributed by atoms with Crippen molar-refractivity contribution in [2.45, 2.75) is 65.3 Å². The molecule has 0 amide bonds. The smallest absolute Gasteiger partial charge is 0.0624 e. The second-order valence-electron chi connectivity index (χ2n) is 4.96.